The lowest BCUT2D eigenvalue weighted by molar-refractivity contribution is -0.147. The van der Waals surface area contributed by atoms with Crippen LogP contribution in [0.5, 0.6) is 5.75 Å². The number of nitrogens with zero attached hydrogens (tertiary/aromatic N) is 3. The quantitative estimate of drug-likeness (QED) is 0.497. The summed E-state index contributed by atoms with van der Waals surface area (Å²) in [6.45, 7) is 0.657. The van der Waals surface area contributed by atoms with Crippen LogP contribution in [-0.2, 0) is 27.9 Å². The van der Waals surface area contributed by atoms with Crippen molar-refractivity contribution < 1.29 is 27.8 Å². The molecule has 0 radical (unpaired) electrons. The number of aryl methyl sites for hydroxylation is 2. The van der Waals surface area contributed by atoms with Gasteiger partial charge in [0.2, 0.25) is 0 Å². The van der Waals surface area contributed by atoms with Gasteiger partial charge >= 0.3 is 12.6 Å². The van der Waals surface area contributed by atoms with E-state index in [9.17, 15) is 18.4 Å². The monoisotopic (exact) mass is 407 g/mol. The van der Waals surface area contributed by atoms with E-state index in [1.807, 2.05) is 20.9 Å². The Morgan fingerprint density at radius 2 is 1.90 bits per heavy atom. The lowest BCUT2D eigenvalue weighted by Gasteiger charge is -2.17. The average Bonchev–Trinajstić information content (AvgIpc) is 2.90. The van der Waals surface area contributed by atoms with E-state index in [-0.39, 0.29) is 12.3 Å². The third-order valence-corrected chi connectivity index (χ3v) is 4.28. The Balaban J connectivity index is 1.83. The number of esters is 1. The van der Waals surface area contributed by atoms with Crippen LogP contribution in [0.4, 0.5) is 8.78 Å². The number of alkyl halides is 2. The maximum Gasteiger partial charge on any atom is 0.387 e. The number of hydrogen-bond donors (Lipinski definition) is 0. The van der Waals surface area contributed by atoms with Gasteiger partial charge in [0.25, 0.3) is 5.91 Å². The Bertz CT molecular complexity index is 892. The highest BCUT2D eigenvalue weighted by molar-refractivity contribution is 5.89. The molecule has 0 atom stereocenters. The largest absolute Gasteiger partial charge is 0.452 e. The van der Waals surface area contributed by atoms with Gasteiger partial charge in [0, 0.05) is 38.0 Å². The zero-order valence-corrected chi connectivity index (χ0v) is 16.7. The van der Waals surface area contributed by atoms with Gasteiger partial charge in [-0.15, -0.1) is 0 Å². The van der Waals surface area contributed by atoms with Crippen LogP contribution in [0.3, 0.4) is 0 Å². The molecule has 1 heterocycles. The Labute approximate surface area is 167 Å². The molecule has 2 rings (SSSR count). The first-order valence-electron chi connectivity index (χ1n) is 8.80. The first-order chi connectivity index (χ1) is 13.7. The molecule has 7 nitrogen and oxygen atoms in total. The number of likely N-dealkylation sites (N-methyl/N-ethyl adjacent to an activating group) is 1. The average molecular weight is 407 g/mol. The normalized spacial score (nSPS) is 11.1. The molecule has 0 unspecified atom stereocenters. The minimum atomic E-state index is -2.89. The van der Waals surface area contributed by atoms with Crippen LogP contribution in [0.25, 0.3) is 6.08 Å². The highest BCUT2D eigenvalue weighted by Gasteiger charge is 2.13. The predicted molar refractivity (Wildman–Crippen MR) is 102 cm³/mol. The zero-order valence-electron chi connectivity index (χ0n) is 16.7. The summed E-state index contributed by atoms with van der Waals surface area (Å²) in [5, 5.41) is 4.25. The summed E-state index contributed by atoms with van der Waals surface area (Å²) in [4.78, 5) is 25.4. The standard InChI is InChI=1S/C20H23F2N3O4/c1-13-17(14(2)25(4)23-13)9-10-19(27)28-12-18(26)24(3)11-15-5-7-16(8-6-15)29-20(21)22/h5-10,20H,11-12H2,1-4H3/b10-9-. The number of amides is 1. The number of hydrogen-bond acceptors (Lipinski definition) is 5. The van der Waals surface area contributed by atoms with Crippen molar-refractivity contribution in [2.45, 2.75) is 27.0 Å². The Kier molecular flexibility index (Phi) is 7.46. The lowest BCUT2D eigenvalue weighted by atomic mass is 10.2. The van der Waals surface area contributed by atoms with Gasteiger partial charge in [0.15, 0.2) is 6.61 Å². The maximum atomic E-state index is 12.2. The van der Waals surface area contributed by atoms with Crippen LogP contribution in [0.1, 0.15) is 22.5 Å². The van der Waals surface area contributed by atoms with Crippen LogP contribution >= 0.6 is 0 Å². The molecule has 0 fully saturated rings. The summed E-state index contributed by atoms with van der Waals surface area (Å²) < 4.78 is 35.3. The van der Waals surface area contributed by atoms with Gasteiger partial charge < -0.3 is 14.4 Å². The molecule has 0 saturated carbocycles. The summed E-state index contributed by atoms with van der Waals surface area (Å²) in [6.07, 6.45) is 2.86. The molecule has 156 valence electrons. The van der Waals surface area contributed by atoms with E-state index in [4.69, 9.17) is 4.74 Å². The number of carbonyl (C=O) groups excluding carboxylic acids is 2. The van der Waals surface area contributed by atoms with E-state index in [1.165, 1.54) is 23.1 Å². The molecule has 1 aromatic heterocycles. The molecule has 0 spiro atoms. The lowest BCUT2D eigenvalue weighted by Crippen LogP contribution is -2.30. The minimum absolute atomic E-state index is 0.0394. The highest BCUT2D eigenvalue weighted by atomic mass is 19.3. The number of benzene rings is 1. The van der Waals surface area contributed by atoms with Crippen molar-refractivity contribution in [1.82, 2.24) is 14.7 Å². The van der Waals surface area contributed by atoms with Crippen molar-refractivity contribution in [3.8, 4) is 5.75 Å². The molecule has 29 heavy (non-hydrogen) atoms. The SMILES string of the molecule is Cc1nn(C)c(C)c1/C=C\C(=O)OCC(=O)N(C)Cc1ccc(OC(F)F)cc1. The fourth-order valence-electron chi connectivity index (χ4n) is 2.61. The second-order valence-electron chi connectivity index (χ2n) is 6.42. The topological polar surface area (TPSA) is 73.7 Å². The Morgan fingerprint density at radius 3 is 2.45 bits per heavy atom. The molecule has 0 aliphatic heterocycles. The van der Waals surface area contributed by atoms with Gasteiger partial charge in [0.05, 0.1) is 5.69 Å². The van der Waals surface area contributed by atoms with Crippen molar-refractivity contribution in [2.75, 3.05) is 13.7 Å². The van der Waals surface area contributed by atoms with Gasteiger partial charge in [-0.05, 0) is 37.6 Å². The van der Waals surface area contributed by atoms with Crippen molar-refractivity contribution in [3.05, 3.63) is 52.9 Å². The van der Waals surface area contributed by atoms with Crippen molar-refractivity contribution in [1.29, 1.82) is 0 Å². The summed E-state index contributed by atoms with van der Waals surface area (Å²) in [6, 6.07) is 5.95. The Morgan fingerprint density at radius 1 is 1.24 bits per heavy atom. The molecule has 0 saturated heterocycles. The van der Waals surface area contributed by atoms with Crippen LogP contribution in [0, 0.1) is 13.8 Å². The number of carbonyl (C=O) groups is 2. The molecule has 1 amide bonds. The third kappa shape index (κ3) is 6.41. The van der Waals surface area contributed by atoms with Gasteiger partial charge in [-0.1, -0.05) is 12.1 Å². The molecule has 0 N–H and O–H groups in total. The molecule has 0 aliphatic rings. The van der Waals surface area contributed by atoms with E-state index in [0.717, 1.165) is 22.5 Å². The van der Waals surface area contributed by atoms with Crippen LogP contribution in [-0.4, -0.2) is 46.8 Å². The van der Waals surface area contributed by atoms with Crippen LogP contribution in [0.15, 0.2) is 30.3 Å². The van der Waals surface area contributed by atoms with Crippen molar-refractivity contribution in [3.63, 3.8) is 0 Å². The van der Waals surface area contributed by atoms with Crippen LogP contribution in [0.2, 0.25) is 0 Å². The maximum absolute atomic E-state index is 12.2. The van der Waals surface area contributed by atoms with E-state index in [0.29, 0.717) is 0 Å². The fourth-order valence-corrected chi connectivity index (χ4v) is 2.61. The molecule has 1 aromatic carbocycles. The summed E-state index contributed by atoms with van der Waals surface area (Å²) in [5.74, 6) is -0.992. The molecular formula is C20H23F2N3O4. The summed E-state index contributed by atoms with van der Waals surface area (Å²) in [5.41, 5.74) is 3.24. The first kappa shape index (κ1) is 22.1. The second kappa shape index (κ2) is 9.81. The molecule has 0 bridgehead atoms. The molecule has 0 aliphatic carbocycles. The number of halogens is 2. The highest BCUT2D eigenvalue weighted by Crippen LogP contribution is 2.16. The predicted octanol–water partition coefficient (Wildman–Crippen LogP) is 2.85. The zero-order chi connectivity index (χ0) is 21.6. The Hall–Kier alpha value is -3.23. The van der Waals surface area contributed by atoms with Crippen molar-refractivity contribution in [2.24, 2.45) is 7.05 Å². The number of ether oxygens (including phenoxy) is 2. The van der Waals surface area contributed by atoms with E-state index in [1.54, 1.807) is 29.9 Å². The molecular weight excluding hydrogens is 384 g/mol. The molecule has 9 heteroatoms. The summed E-state index contributed by atoms with van der Waals surface area (Å²) in [7, 11) is 3.36. The number of rotatable bonds is 8. The number of aromatic nitrogens is 2. The van der Waals surface area contributed by atoms with Crippen molar-refractivity contribution >= 4 is 18.0 Å². The van der Waals surface area contributed by atoms with E-state index >= 15 is 0 Å². The van der Waals surface area contributed by atoms with Gasteiger partial charge in [-0.2, -0.15) is 13.9 Å². The first-order valence-corrected chi connectivity index (χ1v) is 8.80. The van der Waals surface area contributed by atoms with Gasteiger partial charge in [-0.3, -0.25) is 9.48 Å². The van der Waals surface area contributed by atoms with E-state index < -0.39 is 25.1 Å². The van der Waals surface area contributed by atoms with E-state index in [2.05, 4.69) is 9.84 Å². The minimum Gasteiger partial charge on any atom is -0.452 e. The van der Waals surface area contributed by atoms with Gasteiger partial charge in [0.1, 0.15) is 5.75 Å². The van der Waals surface area contributed by atoms with Gasteiger partial charge in [-0.25, -0.2) is 4.79 Å². The smallest absolute Gasteiger partial charge is 0.387 e. The second-order valence-corrected chi connectivity index (χ2v) is 6.42. The third-order valence-electron chi connectivity index (χ3n) is 4.28. The molecule has 2 aromatic rings. The summed E-state index contributed by atoms with van der Waals surface area (Å²) >= 11 is 0. The fraction of sp³-hybridized carbons (Fsp3) is 0.350. The van der Waals surface area contributed by atoms with Crippen LogP contribution < -0.4 is 4.74 Å².